The number of hydrogen-bond acceptors (Lipinski definition) is 4. The number of benzene rings is 1. The van der Waals surface area contributed by atoms with Crippen molar-refractivity contribution in [2.24, 2.45) is 0 Å². The molecule has 0 spiro atoms. The largest absolute Gasteiger partial charge is 0.399 e. The Morgan fingerprint density at radius 2 is 2.29 bits per heavy atom. The topological polar surface area (TPSA) is 71.1 Å². The first-order valence-electron chi connectivity index (χ1n) is 5.78. The fraction of sp³-hybridized carbons (Fsp3) is 0.462. The number of methoxy groups -OCH3 is 1. The van der Waals surface area contributed by atoms with Crippen LogP contribution in [-0.2, 0) is 4.74 Å². The summed E-state index contributed by atoms with van der Waals surface area (Å²) < 4.78 is 5.52. The zero-order valence-corrected chi connectivity index (χ0v) is 9.99. The highest BCUT2D eigenvalue weighted by atomic mass is 16.5. The van der Waals surface area contributed by atoms with Gasteiger partial charge >= 0.3 is 0 Å². The molecule has 0 saturated heterocycles. The lowest BCUT2D eigenvalue weighted by molar-refractivity contribution is -0.0601. The number of ether oxygens (including phenoxy) is 1. The van der Waals surface area contributed by atoms with Crippen molar-refractivity contribution in [1.29, 1.82) is 5.26 Å². The zero-order valence-electron chi connectivity index (χ0n) is 9.99. The Hall–Kier alpha value is -1.73. The summed E-state index contributed by atoms with van der Waals surface area (Å²) in [7, 11) is 1.75. The number of nitrogen functional groups attached to an aromatic ring is 1. The maximum atomic E-state index is 9.02. The summed E-state index contributed by atoms with van der Waals surface area (Å²) >= 11 is 0. The minimum Gasteiger partial charge on any atom is -0.399 e. The van der Waals surface area contributed by atoms with Gasteiger partial charge in [-0.15, -0.1) is 0 Å². The summed E-state index contributed by atoms with van der Waals surface area (Å²) in [6.07, 6.45) is 3.36. The molecule has 4 heteroatoms. The Bertz CT molecular complexity index is 441. The van der Waals surface area contributed by atoms with E-state index in [-0.39, 0.29) is 5.60 Å². The van der Waals surface area contributed by atoms with Gasteiger partial charge in [0.1, 0.15) is 6.07 Å². The molecule has 3 N–H and O–H groups in total. The molecular weight excluding hydrogens is 214 g/mol. The van der Waals surface area contributed by atoms with Crippen molar-refractivity contribution in [2.45, 2.75) is 24.9 Å². The van der Waals surface area contributed by atoms with Crippen molar-refractivity contribution in [3.05, 3.63) is 23.8 Å². The normalized spacial score (nSPS) is 16.9. The second kappa shape index (κ2) is 4.64. The van der Waals surface area contributed by atoms with Gasteiger partial charge in [-0.05, 0) is 37.5 Å². The molecule has 0 radical (unpaired) electrons. The van der Waals surface area contributed by atoms with E-state index in [1.807, 2.05) is 6.07 Å². The summed E-state index contributed by atoms with van der Waals surface area (Å²) in [5.74, 6) is 0. The van der Waals surface area contributed by atoms with Crippen LogP contribution in [0.25, 0.3) is 0 Å². The standard InChI is InChI=1S/C13H17N3O/c1-17-13(5-2-6-13)9-16-12-4-3-11(15)7-10(12)8-14/h3-4,7,16H,2,5-6,9,15H2,1H3. The minimum atomic E-state index is -0.0475. The Balaban J connectivity index is 2.06. The first kappa shape index (κ1) is 11.7. The van der Waals surface area contributed by atoms with E-state index in [9.17, 15) is 0 Å². The molecule has 0 bridgehead atoms. The van der Waals surface area contributed by atoms with Crippen LogP contribution in [0.5, 0.6) is 0 Å². The second-order valence-corrected chi connectivity index (χ2v) is 4.51. The highest BCUT2D eigenvalue weighted by Gasteiger charge is 2.36. The van der Waals surface area contributed by atoms with E-state index in [0.29, 0.717) is 11.3 Å². The van der Waals surface area contributed by atoms with Gasteiger partial charge in [0, 0.05) is 19.3 Å². The van der Waals surface area contributed by atoms with Gasteiger partial charge < -0.3 is 15.8 Å². The molecule has 0 aromatic heterocycles. The highest BCUT2D eigenvalue weighted by molar-refractivity contribution is 5.63. The van der Waals surface area contributed by atoms with Crippen LogP contribution in [0.15, 0.2) is 18.2 Å². The molecule has 90 valence electrons. The van der Waals surface area contributed by atoms with Crippen molar-refractivity contribution in [3.8, 4) is 6.07 Å². The van der Waals surface area contributed by atoms with Gasteiger partial charge in [-0.2, -0.15) is 5.26 Å². The Labute approximate surface area is 101 Å². The minimum absolute atomic E-state index is 0.0475. The average molecular weight is 231 g/mol. The molecule has 1 aliphatic rings. The van der Waals surface area contributed by atoms with E-state index in [4.69, 9.17) is 15.7 Å². The van der Waals surface area contributed by atoms with Gasteiger partial charge in [-0.3, -0.25) is 0 Å². The first-order chi connectivity index (χ1) is 8.19. The Morgan fingerprint density at radius 3 is 2.82 bits per heavy atom. The molecule has 1 saturated carbocycles. The van der Waals surface area contributed by atoms with Crippen LogP contribution in [0.4, 0.5) is 11.4 Å². The Kier molecular flexibility index (Phi) is 3.21. The fourth-order valence-corrected chi connectivity index (χ4v) is 2.09. The van der Waals surface area contributed by atoms with Crippen molar-refractivity contribution in [1.82, 2.24) is 0 Å². The number of nitrogens with zero attached hydrogens (tertiary/aromatic N) is 1. The lowest BCUT2D eigenvalue weighted by Gasteiger charge is -2.40. The van der Waals surface area contributed by atoms with Gasteiger partial charge in [-0.1, -0.05) is 0 Å². The molecule has 17 heavy (non-hydrogen) atoms. The third-order valence-corrected chi connectivity index (χ3v) is 3.46. The van der Waals surface area contributed by atoms with Gasteiger partial charge in [0.2, 0.25) is 0 Å². The SMILES string of the molecule is COC1(CNc2ccc(N)cc2C#N)CCC1. The summed E-state index contributed by atoms with van der Waals surface area (Å²) in [6.45, 7) is 0.738. The number of hydrogen-bond donors (Lipinski definition) is 2. The van der Waals surface area contributed by atoms with Gasteiger partial charge in [0.15, 0.2) is 0 Å². The van der Waals surface area contributed by atoms with E-state index in [0.717, 1.165) is 25.1 Å². The first-order valence-corrected chi connectivity index (χ1v) is 5.78. The van der Waals surface area contributed by atoms with Crippen LogP contribution < -0.4 is 11.1 Å². The van der Waals surface area contributed by atoms with E-state index < -0.39 is 0 Å². The molecular formula is C13H17N3O. The van der Waals surface area contributed by atoms with Crippen molar-refractivity contribution < 1.29 is 4.74 Å². The molecule has 0 heterocycles. The van der Waals surface area contributed by atoms with Crippen molar-refractivity contribution in [2.75, 3.05) is 24.7 Å². The number of nitriles is 1. The quantitative estimate of drug-likeness (QED) is 0.779. The molecule has 2 rings (SSSR count). The number of anilines is 2. The van der Waals surface area contributed by atoms with Gasteiger partial charge in [0.25, 0.3) is 0 Å². The molecule has 1 aromatic carbocycles. The summed E-state index contributed by atoms with van der Waals surface area (Å²) in [5, 5.41) is 12.3. The lowest BCUT2D eigenvalue weighted by atomic mass is 9.80. The predicted octanol–water partition coefficient (Wildman–Crippen LogP) is 2.12. The molecule has 1 aromatic rings. The summed E-state index contributed by atoms with van der Waals surface area (Å²) in [6, 6.07) is 7.46. The van der Waals surface area contributed by atoms with Crippen LogP contribution in [0.2, 0.25) is 0 Å². The van der Waals surface area contributed by atoms with Crippen LogP contribution in [0.3, 0.4) is 0 Å². The van der Waals surface area contributed by atoms with E-state index >= 15 is 0 Å². The van der Waals surface area contributed by atoms with Crippen molar-refractivity contribution >= 4 is 11.4 Å². The summed E-state index contributed by atoms with van der Waals surface area (Å²) in [5.41, 5.74) is 7.61. The highest BCUT2D eigenvalue weighted by Crippen LogP contribution is 2.35. The monoisotopic (exact) mass is 231 g/mol. The maximum absolute atomic E-state index is 9.02. The molecule has 0 atom stereocenters. The van der Waals surface area contributed by atoms with Gasteiger partial charge in [0.05, 0.1) is 16.9 Å². The van der Waals surface area contributed by atoms with Crippen LogP contribution in [0, 0.1) is 11.3 Å². The molecule has 1 fully saturated rings. The average Bonchev–Trinajstić information content (AvgIpc) is 2.29. The molecule has 0 amide bonds. The lowest BCUT2D eigenvalue weighted by Crippen LogP contribution is -2.45. The van der Waals surface area contributed by atoms with Gasteiger partial charge in [-0.25, -0.2) is 0 Å². The zero-order chi connectivity index (χ0) is 12.3. The maximum Gasteiger partial charge on any atom is 0.101 e. The van der Waals surface area contributed by atoms with E-state index in [2.05, 4.69) is 11.4 Å². The van der Waals surface area contributed by atoms with E-state index in [1.165, 1.54) is 6.42 Å². The Morgan fingerprint density at radius 1 is 1.53 bits per heavy atom. The number of nitrogens with two attached hydrogens (primary N) is 1. The fourth-order valence-electron chi connectivity index (χ4n) is 2.09. The summed E-state index contributed by atoms with van der Waals surface area (Å²) in [4.78, 5) is 0. The third-order valence-electron chi connectivity index (χ3n) is 3.46. The number of nitrogens with one attached hydrogen (secondary N) is 1. The van der Waals surface area contributed by atoms with E-state index in [1.54, 1.807) is 19.2 Å². The smallest absolute Gasteiger partial charge is 0.101 e. The van der Waals surface area contributed by atoms with Crippen LogP contribution in [-0.4, -0.2) is 19.3 Å². The van der Waals surface area contributed by atoms with Crippen LogP contribution >= 0.6 is 0 Å². The second-order valence-electron chi connectivity index (χ2n) is 4.51. The molecule has 0 aliphatic heterocycles. The molecule has 0 unspecified atom stereocenters. The predicted molar refractivity (Wildman–Crippen MR) is 67.7 cm³/mol. The third kappa shape index (κ3) is 2.34. The molecule has 1 aliphatic carbocycles. The molecule has 4 nitrogen and oxygen atoms in total. The number of rotatable bonds is 4. The van der Waals surface area contributed by atoms with Crippen molar-refractivity contribution in [3.63, 3.8) is 0 Å². The van der Waals surface area contributed by atoms with Crippen LogP contribution in [0.1, 0.15) is 24.8 Å².